The smallest absolute Gasteiger partial charge is 0.134 e. The minimum absolute atomic E-state index is 0.509. The monoisotopic (exact) mass is 259 g/mol. The van der Waals surface area contributed by atoms with Crippen LogP contribution in [0.2, 0.25) is 0 Å². The SMILES string of the molecule is N#CC1(Br)C=CC(c2ccccc2)=CC1. The van der Waals surface area contributed by atoms with Crippen LogP contribution in [0.25, 0.3) is 5.57 Å². The second-order valence-corrected chi connectivity index (χ2v) is 4.95. The highest BCUT2D eigenvalue weighted by atomic mass is 79.9. The lowest BCUT2D eigenvalue weighted by molar-refractivity contribution is 0.917. The van der Waals surface area contributed by atoms with E-state index in [-0.39, 0.29) is 0 Å². The lowest BCUT2D eigenvalue weighted by Gasteiger charge is -2.17. The number of hydrogen-bond donors (Lipinski definition) is 0. The van der Waals surface area contributed by atoms with Crippen molar-refractivity contribution in [2.24, 2.45) is 0 Å². The van der Waals surface area contributed by atoms with Crippen LogP contribution in [0.5, 0.6) is 0 Å². The second-order valence-electron chi connectivity index (χ2n) is 3.54. The van der Waals surface area contributed by atoms with Crippen molar-refractivity contribution in [1.82, 2.24) is 0 Å². The fraction of sp³-hybridized carbons (Fsp3) is 0.154. The van der Waals surface area contributed by atoms with Crippen molar-refractivity contribution in [3.63, 3.8) is 0 Å². The molecule has 1 aromatic rings. The van der Waals surface area contributed by atoms with E-state index in [0.717, 1.165) is 0 Å². The Bertz CT molecular complexity index is 453. The van der Waals surface area contributed by atoms with Gasteiger partial charge in [0.1, 0.15) is 4.32 Å². The molecule has 2 heteroatoms. The molecule has 2 rings (SSSR count). The molecule has 1 atom stereocenters. The van der Waals surface area contributed by atoms with Crippen molar-refractivity contribution in [3.8, 4) is 6.07 Å². The van der Waals surface area contributed by atoms with Crippen molar-refractivity contribution in [3.05, 3.63) is 54.1 Å². The van der Waals surface area contributed by atoms with Crippen LogP contribution in [-0.4, -0.2) is 4.32 Å². The number of nitrogens with zero attached hydrogens (tertiary/aromatic N) is 1. The van der Waals surface area contributed by atoms with Gasteiger partial charge in [0.2, 0.25) is 0 Å². The van der Waals surface area contributed by atoms with Crippen LogP contribution in [0.4, 0.5) is 0 Å². The third-order valence-corrected chi connectivity index (χ3v) is 3.20. The highest BCUT2D eigenvalue weighted by Gasteiger charge is 2.24. The van der Waals surface area contributed by atoms with Gasteiger partial charge in [-0.05, 0) is 17.6 Å². The summed E-state index contributed by atoms with van der Waals surface area (Å²) in [5.74, 6) is 0. The maximum absolute atomic E-state index is 8.93. The van der Waals surface area contributed by atoms with Gasteiger partial charge in [-0.2, -0.15) is 5.26 Å². The number of hydrogen-bond acceptors (Lipinski definition) is 1. The molecule has 1 nitrogen and oxygen atoms in total. The topological polar surface area (TPSA) is 23.8 Å². The first-order chi connectivity index (χ1) is 7.23. The zero-order valence-electron chi connectivity index (χ0n) is 8.15. The predicted molar refractivity (Wildman–Crippen MR) is 65.4 cm³/mol. The van der Waals surface area contributed by atoms with Gasteiger partial charge in [-0.25, -0.2) is 0 Å². The molecule has 15 heavy (non-hydrogen) atoms. The van der Waals surface area contributed by atoms with E-state index < -0.39 is 4.32 Å². The molecule has 0 radical (unpaired) electrons. The standard InChI is InChI=1S/C13H10BrN/c14-13(10-15)8-6-12(7-9-13)11-4-2-1-3-5-11/h1-8H,9H2. The Kier molecular flexibility index (Phi) is 2.75. The fourth-order valence-corrected chi connectivity index (χ4v) is 1.84. The van der Waals surface area contributed by atoms with Crippen molar-refractivity contribution >= 4 is 21.5 Å². The number of alkyl halides is 1. The number of halogens is 1. The molecule has 1 unspecified atom stereocenters. The average Bonchev–Trinajstić information content (AvgIpc) is 2.31. The molecule has 0 aliphatic heterocycles. The summed E-state index contributed by atoms with van der Waals surface area (Å²) >= 11 is 3.40. The summed E-state index contributed by atoms with van der Waals surface area (Å²) in [6, 6.07) is 12.4. The molecule has 0 heterocycles. The van der Waals surface area contributed by atoms with Crippen LogP contribution in [0.15, 0.2) is 48.6 Å². The van der Waals surface area contributed by atoms with Crippen LogP contribution >= 0.6 is 15.9 Å². The van der Waals surface area contributed by atoms with E-state index in [2.05, 4.69) is 40.2 Å². The summed E-state index contributed by atoms with van der Waals surface area (Å²) < 4.78 is -0.509. The second kappa shape index (κ2) is 4.04. The van der Waals surface area contributed by atoms with Crippen molar-refractivity contribution < 1.29 is 0 Å². The molecular weight excluding hydrogens is 250 g/mol. The fourth-order valence-electron chi connectivity index (χ4n) is 1.54. The average molecular weight is 260 g/mol. The molecule has 0 saturated carbocycles. The first-order valence-corrected chi connectivity index (χ1v) is 5.58. The molecule has 0 saturated heterocycles. The predicted octanol–water partition coefficient (Wildman–Crippen LogP) is 3.69. The lowest BCUT2D eigenvalue weighted by atomic mass is 9.94. The Morgan fingerprint density at radius 2 is 2.00 bits per heavy atom. The molecule has 0 N–H and O–H groups in total. The third kappa shape index (κ3) is 2.19. The summed E-state index contributed by atoms with van der Waals surface area (Å²) in [6.45, 7) is 0. The molecule has 0 amide bonds. The van der Waals surface area contributed by atoms with Gasteiger partial charge >= 0.3 is 0 Å². The third-order valence-electron chi connectivity index (χ3n) is 2.44. The Morgan fingerprint density at radius 1 is 1.27 bits per heavy atom. The van der Waals surface area contributed by atoms with E-state index in [9.17, 15) is 0 Å². The highest BCUT2D eigenvalue weighted by Crippen LogP contribution is 2.32. The Morgan fingerprint density at radius 3 is 2.53 bits per heavy atom. The lowest BCUT2D eigenvalue weighted by Crippen LogP contribution is -2.15. The molecule has 0 aromatic heterocycles. The number of nitriles is 1. The molecular formula is C13H10BrN. The maximum Gasteiger partial charge on any atom is 0.134 e. The molecule has 74 valence electrons. The van der Waals surface area contributed by atoms with E-state index in [1.807, 2.05) is 30.4 Å². The van der Waals surface area contributed by atoms with E-state index in [0.29, 0.717) is 6.42 Å². The van der Waals surface area contributed by atoms with Gasteiger partial charge in [0.25, 0.3) is 0 Å². The van der Waals surface area contributed by atoms with E-state index >= 15 is 0 Å². The number of rotatable bonds is 1. The first kappa shape index (κ1) is 10.2. The van der Waals surface area contributed by atoms with Crippen LogP contribution in [0, 0.1) is 11.3 Å². The van der Waals surface area contributed by atoms with Crippen LogP contribution in [0.3, 0.4) is 0 Å². The minimum Gasteiger partial charge on any atom is -0.196 e. The van der Waals surface area contributed by atoms with Gasteiger partial charge in [0.15, 0.2) is 0 Å². The van der Waals surface area contributed by atoms with Gasteiger partial charge in [-0.1, -0.05) is 64.5 Å². The summed E-state index contributed by atoms with van der Waals surface area (Å²) in [4.78, 5) is 0. The molecule has 1 aromatic carbocycles. The first-order valence-electron chi connectivity index (χ1n) is 4.78. The largest absolute Gasteiger partial charge is 0.196 e. The van der Waals surface area contributed by atoms with Crippen LogP contribution in [0.1, 0.15) is 12.0 Å². The van der Waals surface area contributed by atoms with Crippen LogP contribution < -0.4 is 0 Å². The Labute approximate surface area is 97.9 Å². The zero-order chi connectivity index (χ0) is 10.7. The normalized spacial score (nSPS) is 24.4. The van der Waals surface area contributed by atoms with Gasteiger partial charge in [0, 0.05) is 0 Å². The maximum atomic E-state index is 8.93. The van der Waals surface area contributed by atoms with Gasteiger partial charge in [0.05, 0.1) is 6.07 Å². The van der Waals surface area contributed by atoms with Gasteiger partial charge in [-0.3, -0.25) is 0 Å². The summed E-state index contributed by atoms with van der Waals surface area (Å²) in [5.41, 5.74) is 2.38. The molecule has 1 aliphatic carbocycles. The van der Waals surface area contributed by atoms with Crippen LogP contribution in [-0.2, 0) is 0 Å². The van der Waals surface area contributed by atoms with Crippen molar-refractivity contribution in [1.29, 1.82) is 5.26 Å². The Hall–Kier alpha value is -1.33. The summed E-state index contributed by atoms with van der Waals surface area (Å²) in [7, 11) is 0. The quantitative estimate of drug-likeness (QED) is 0.706. The molecule has 0 fully saturated rings. The van der Waals surface area contributed by atoms with Gasteiger partial charge in [-0.15, -0.1) is 0 Å². The summed E-state index contributed by atoms with van der Waals surface area (Å²) in [6.07, 6.45) is 6.71. The molecule has 0 bridgehead atoms. The Balaban J connectivity index is 2.25. The zero-order valence-corrected chi connectivity index (χ0v) is 9.74. The minimum atomic E-state index is -0.509. The van der Waals surface area contributed by atoms with Crippen molar-refractivity contribution in [2.45, 2.75) is 10.7 Å². The van der Waals surface area contributed by atoms with Gasteiger partial charge < -0.3 is 0 Å². The number of benzene rings is 1. The highest BCUT2D eigenvalue weighted by molar-refractivity contribution is 9.10. The molecule has 1 aliphatic rings. The van der Waals surface area contributed by atoms with E-state index in [1.54, 1.807) is 0 Å². The van der Waals surface area contributed by atoms with Crippen molar-refractivity contribution in [2.75, 3.05) is 0 Å². The summed E-state index contributed by atoms with van der Waals surface area (Å²) in [5, 5.41) is 8.93. The number of allylic oxidation sites excluding steroid dienone is 4. The van der Waals surface area contributed by atoms with E-state index in [1.165, 1.54) is 11.1 Å². The molecule has 0 spiro atoms. The van der Waals surface area contributed by atoms with E-state index in [4.69, 9.17) is 5.26 Å².